The standard InChI is InChI=1S/C11H20O7/c12-7(1-3-8(13)5-10(15)16)2-4-9(14)6-11(17)18/h7-9,12-14H,1-6H2,(H,15,16)(H,17,18). The molecule has 0 amide bonds. The highest BCUT2D eigenvalue weighted by atomic mass is 16.4. The summed E-state index contributed by atoms with van der Waals surface area (Å²) in [5.41, 5.74) is 0. The summed E-state index contributed by atoms with van der Waals surface area (Å²) in [4.78, 5) is 20.5. The van der Waals surface area contributed by atoms with Gasteiger partial charge in [0.25, 0.3) is 0 Å². The molecule has 0 heterocycles. The molecule has 0 saturated heterocycles. The fraction of sp³-hybridized carbons (Fsp3) is 0.818. The van der Waals surface area contributed by atoms with Gasteiger partial charge in [-0.2, -0.15) is 0 Å². The minimum absolute atomic E-state index is 0.155. The van der Waals surface area contributed by atoms with Crippen LogP contribution in [0.3, 0.4) is 0 Å². The normalized spacial score (nSPS) is 15.9. The Morgan fingerprint density at radius 2 is 0.944 bits per heavy atom. The lowest BCUT2D eigenvalue weighted by Gasteiger charge is -2.14. The number of carbonyl (C=O) groups is 2. The first-order valence-electron chi connectivity index (χ1n) is 5.79. The molecular weight excluding hydrogens is 244 g/mol. The Bertz CT molecular complexity index is 240. The number of hydrogen-bond acceptors (Lipinski definition) is 5. The summed E-state index contributed by atoms with van der Waals surface area (Å²) in [5.74, 6) is -2.21. The predicted octanol–water partition coefficient (Wildman–Crippen LogP) is -0.421. The van der Waals surface area contributed by atoms with Crippen LogP contribution in [0.15, 0.2) is 0 Å². The number of aliphatic hydroxyl groups is 3. The Morgan fingerprint density at radius 1 is 0.667 bits per heavy atom. The van der Waals surface area contributed by atoms with Crippen molar-refractivity contribution in [1.82, 2.24) is 0 Å². The summed E-state index contributed by atoms with van der Waals surface area (Å²) >= 11 is 0. The van der Waals surface area contributed by atoms with E-state index >= 15 is 0 Å². The van der Waals surface area contributed by atoms with Crippen molar-refractivity contribution in [2.75, 3.05) is 0 Å². The largest absolute Gasteiger partial charge is 0.481 e. The number of rotatable bonds is 10. The van der Waals surface area contributed by atoms with Gasteiger partial charge in [0.05, 0.1) is 31.2 Å². The van der Waals surface area contributed by atoms with Crippen molar-refractivity contribution in [1.29, 1.82) is 0 Å². The zero-order valence-electron chi connectivity index (χ0n) is 10.0. The molecule has 0 saturated carbocycles. The average molecular weight is 264 g/mol. The van der Waals surface area contributed by atoms with E-state index < -0.39 is 30.3 Å². The third-order valence-electron chi connectivity index (χ3n) is 2.49. The van der Waals surface area contributed by atoms with Gasteiger partial charge in [-0.15, -0.1) is 0 Å². The van der Waals surface area contributed by atoms with Gasteiger partial charge in [0.1, 0.15) is 0 Å². The highest BCUT2D eigenvalue weighted by Crippen LogP contribution is 2.11. The molecule has 0 aliphatic rings. The van der Waals surface area contributed by atoms with Crippen LogP contribution in [0.25, 0.3) is 0 Å². The first-order valence-corrected chi connectivity index (χ1v) is 5.79. The second-order valence-electron chi connectivity index (χ2n) is 4.31. The Hall–Kier alpha value is -1.18. The fourth-order valence-corrected chi connectivity index (χ4v) is 1.52. The molecule has 0 aromatic carbocycles. The van der Waals surface area contributed by atoms with Crippen molar-refractivity contribution in [3.8, 4) is 0 Å². The van der Waals surface area contributed by atoms with Crippen LogP contribution in [0.2, 0.25) is 0 Å². The molecular formula is C11H20O7. The van der Waals surface area contributed by atoms with Crippen LogP contribution < -0.4 is 0 Å². The highest BCUT2D eigenvalue weighted by Gasteiger charge is 2.15. The molecule has 0 radical (unpaired) electrons. The van der Waals surface area contributed by atoms with E-state index in [0.29, 0.717) is 0 Å². The Labute approximate surface area is 105 Å². The SMILES string of the molecule is O=C(O)CC(O)CCC(O)CCC(O)CC(=O)O. The van der Waals surface area contributed by atoms with Crippen molar-refractivity contribution in [3.63, 3.8) is 0 Å². The first-order chi connectivity index (χ1) is 8.31. The molecule has 2 atom stereocenters. The summed E-state index contributed by atoms with van der Waals surface area (Å²) < 4.78 is 0. The van der Waals surface area contributed by atoms with Gasteiger partial charge in [0.15, 0.2) is 0 Å². The molecule has 5 N–H and O–H groups in total. The van der Waals surface area contributed by atoms with Crippen LogP contribution >= 0.6 is 0 Å². The van der Waals surface area contributed by atoms with Crippen molar-refractivity contribution in [2.45, 2.75) is 56.8 Å². The van der Waals surface area contributed by atoms with Crippen molar-refractivity contribution in [2.24, 2.45) is 0 Å². The maximum atomic E-state index is 10.3. The molecule has 0 fully saturated rings. The monoisotopic (exact) mass is 264 g/mol. The molecule has 0 aromatic rings. The van der Waals surface area contributed by atoms with Gasteiger partial charge in [0, 0.05) is 0 Å². The van der Waals surface area contributed by atoms with E-state index in [1.165, 1.54) is 0 Å². The number of carboxylic acids is 2. The van der Waals surface area contributed by atoms with Crippen LogP contribution in [0, 0.1) is 0 Å². The van der Waals surface area contributed by atoms with Crippen molar-refractivity contribution in [3.05, 3.63) is 0 Å². The number of hydrogen-bond donors (Lipinski definition) is 5. The van der Waals surface area contributed by atoms with E-state index in [9.17, 15) is 24.9 Å². The minimum Gasteiger partial charge on any atom is -0.481 e. The maximum Gasteiger partial charge on any atom is 0.305 e. The van der Waals surface area contributed by atoms with Crippen LogP contribution in [0.5, 0.6) is 0 Å². The number of carboxylic acid groups (broad SMARTS) is 2. The van der Waals surface area contributed by atoms with E-state index in [4.69, 9.17) is 10.2 Å². The van der Waals surface area contributed by atoms with E-state index in [2.05, 4.69) is 0 Å². The molecule has 0 aliphatic heterocycles. The zero-order chi connectivity index (χ0) is 14.1. The smallest absolute Gasteiger partial charge is 0.305 e. The molecule has 0 bridgehead atoms. The van der Waals surface area contributed by atoms with E-state index in [-0.39, 0.29) is 38.5 Å². The van der Waals surface area contributed by atoms with Gasteiger partial charge in [-0.05, 0) is 25.7 Å². The van der Waals surface area contributed by atoms with Crippen molar-refractivity contribution >= 4 is 11.9 Å². The number of aliphatic carboxylic acids is 2. The Morgan fingerprint density at radius 3 is 1.22 bits per heavy atom. The third kappa shape index (κ3) is 10.0. The van der Waals surface area contributed by atoms with Gasteiger partial charge in [-0.1, -0.05) is 0 Å². The second kappa shape index (κ2) is 8.84. The molecule has 0 aliphatic carbocycles. The lowest BCUT2D eigenvalue weighted by Crippen LogP contribution is -2.19. The molecule has 0 spiro atoms. The van der Waals surface area contributed by atoms with Gasteiger partial charge < -0.3 is 25.5 Å². The Kier molecular flexibility index (Phi) is 8.27. The summed E-state index contributed by atoms with van der Waals surface area (Å²) in [7, 11) is 0. The molecule has 7 heteroatoms. The summed E-state index contributed by atoms with van der Waals surface area (Å²) in [6.45, 7) is 0. The summed E-state index contributed by atoms with van der Waals surface area (Å²) in [6.07, 6.45) is -2.77. The van der Waals surface area contributed by atoms with Crippen LogP contribution in [0.4, 0.5) is 0 Å². The predicted molar refractivity (Wildman–Crippen MR) is 61.0 cm³/mol. The lowest BCUT2D eigenvalue weighted by molar-refractivity contribution is -0.140. The van der Waals surface area contributed by atoms with Crippen LogP contribution in [0.1, 0.15) is 38.5 Å². The van der Waals surface area contributed by atoms with E-state index in [1.54, 1.807) is 0 Å². The van der Waals surface area contributed by atoms with Gasteiger partial charge in [0.2, 0.25) is 0 Å². The van der Waals surface area contributed by atoms with E-state index in [0.717, 1.165) is 0 Å². The Balaban J connectivity index is 3.67. The zero-order valence-corrected chi connectivity index (χ0v) is 10.0. The molecule has 7 nitrogen and oxygen atoms in total. The maximum absolute atomic E-state index is 10.3. The molecule has 106 valence electrons. The van der Waals surface area contributed by atoms with Crippen LogP contribution in [-0.2, 0) is 9.59 Å². The molecule has 0 aromatic heterocycles. The molecule has 18 heavy (non-hydrogen) atoms. The molecule has 2 unspecified atom stereocenters. The van der Waals surface area contributed by atoms with Crippen molar-refractivity contribution < 1.29 is 35.1 Å². The van der Waals surface area contributed by atoms with Gasteiger partial charge in [-0.25, -0.2) is 0 Å². The molecule has 0 rings (SSSR count). The first kappa shape index (κ1) is 16.8. The minimum atomic E-state index is -1.10. The second-order valence-corrected chi connectivity index (χ2v) is 4.31. The average Bonchev–Trinajstić information content (AvgIpc) is 2.21. The third-order valence-corrected chi connectivity index (χ3v) is 2.49. The highest BCUT2D eigenvalue weighted by molar-refractivity contribution is 5.67. The van der Waals surface area contributed by atoms with E-state index in [1.807, 2.05) is 0 Å². The summed E-state index contributed by atoms with van der Waals surface area (Å²) in [6, 6.07) is 0. The van der Waals surface area contributed by atoms with Gasteiger partial charge >= 0.3 is 11.9 Å². The topological polar surface area (TPSA) is 135 Å². The quantitative estimate of drug-likeness (QED) is 0.361. The summed E-state index contributed by atoms with van der Waals surface area (Å²) in [5, 5.41) is 44.8. The fourth-order valence-electron chi connectivity index (χ4n) is 1.52. The van der Waals surface area contributed by atoms with Crippen LogP contribution in [-0.4, -0.2) is 55.8 Å². The lowest BCUT2D eigenvalue weighted by atomic mass is 10.0. The number of aliphatic hydroxyl groups excluding tert-OH is 3. The van der Waals surface area contributed by atoms with Gasteiger partial charge in [-0.3, -0.25) is 9.59 Å².